The minimum absolute atomic E-state index is 0.319. The van der Waals surface area contributed by atoms with Gasteiger partial charge in [0.1, 0.15) is 5.75 Å². The molecule has 0 aromatic heterocycles. The molecule has 0 spiro atoms. The first-order chi connectivity index (χ1) is 9.73. The highest BCUT2D eigenvalue weighted by Crippen LogP contribution is 2.38. The number of benzene rings is 2. The molecule has 2 N–H and O–H groups in total. The Morgan fingerprint density at radius 1 is 1.05 bits per heavy atom. The van der Waals surface area contributed by atoms with Crippen LogP contribution in [0.2, 0.25) is 0 Å². The number of hydrogen-bond donors (Lipinski definition) is 1. The van der Waals surface area contributed by atoms with Crippen LogP contribution in [0.15, 0.2) is 48.5 Å². The van der Waals surface area contributed by atoms with E-state index >= 15 is 0 Å². The van der Waals surface area contributed by atoms with Gasteiger partial charge in [-0.15, -0.1) is 0 Å². The van der Waals surface area contributed by atoms with Crippen LogP contribution in [0.3, 0.4) is 0 Å². The van der Waals surface area contributed by atoms with Crippen molar-refractivity contribution in [3.8, 4) is 5.75 Å². The van der Waals surface area contributed by atoms with Crippen molar-refractivity contribution in [3.05, 3.63) is 65.2 Å². The average molecular weight is 267 g/mol. The molecule has 1 aliphatic rings. The van der Waals surface area contributed by atoms with Crippen molar-refractivity contribution in [2.75, 3.05) is 6.61 Å². The summed E-state index contributed by atoms with van der Waals surface area (Å²) in [6.07, 6.45) is 2.88. The monoisotopic (exact) mass is 267 g/mol. The lowest BCUT2D eigenvalue weighted by Gasteiger charge is -2.36. The van der Waals surface area contributed by atoms with Gasteiger partial charge in [0.2, 0.25) is 0 Å². The van der Waals surface area contributed by atoms with E-state index in [4.69, 9.17) is 10.5 Å². The van der Waals surface area contributed by atoms with Crippen LogP contribution in [-0.2, 0) is 18.4 Å². The maximum Gasteiger partial charge on any atom is 0.124 e. The molecule has 3 rings (SSSR count). The maximum atomic E-state index is 6.75. The molecule has 2 heteroatoms. The van der Waals surface area contributed by atoms with Crippen LogP contribution < -0.4 is 10.5 Å². The first-order valence-corrected chi connectivity index (χ1v) is 7.31. The number of nitrogens with two attached hydrogens (primary N) is 1. The van der Waals surface area contributed by atoms with Gasteiger partial charge in [0.15, 0.2) is 0 Å². The molecule has 104 valence electrons. The van der Waals surface area contributed by atoms with E-state index in [1.807, 2.05) is 25.1 Å². The van der Waals surface area contributed by atoms with E-state index in [2.05, 4.69) is 30.3 Å². The first-order valence-electron chi connectivity index (χ1n) is 7.31. The third-order valence-corrected chi connectivity index (χ3v) is 4.19. The number of fused-ring (bicyclic) bond motifs is 1. The first kappa shape index (κ1) is 13.2. The second kappa shape index (κ2) is 5.29. The van der Waals surface area contributed by atoms with Gasteiger partial charge in [0.05, 0.1) is 6.61 Å². The summed E-state index contributed by atoms with van der Waals surface area (Å²) in [4.78, 5) is 0. The van der Waals surface area contributed by atoms with E-state index in [0.717, 1.165) is 30.6 Å². The predicted molar refractivity (Wildman–Crippen MR) is 81.9 cm³/mol. The van der Waals surface area contributed by atoms with Crippen molar-refractivity contribution in [3.63, 3.8) is 0 Å². The Balaban J connectivity index is 1.98. The van der Waals surface area contributed by atoms with Crippen molar-refractivity contribution >= 4 is 0 Å². The number of rotatable bonds is 3. The average Bonchev–Trinajstić information content (AvgIpc) is 2.48. The van der Waals surface area contributed by atoms with Crippen molar-refractivity contribution in [2.24, 2.45) is 5.73 Å². The van der Waals surface area contributed by atoms with Gasteiger partial charge < -0.3 is 10.5 Å². The van der Waals surface area contributed by atoms with Crippen LogP contribution in [0.4, 0.5) is 0 Å². The Labute approximate surface area is 120 Å². The molecule has 1 atom stereocenters. The third kappa shape index (κ3) is 2.32. The second-order valence-electron chi connectivity index (χ2n) is 5.53. The molecule has 0 bridgehead atoms. The Morgan fingerprint density at radius 2 is 1.75 bits per heavy atom. The molecule has 0 saturated carbocycles. The van der Waals surface area contributed by atoms with Crippen LogP contribution in [0.1, 0.15) is 30.0 Å². The zero-order valence-electron chi connectivity index (χ0n) is 11.9. The van der Waals surface area contributed by atoms with Crippen molar-refractivity contribution in [1.82, 2.24) is 0 Å². The lowest BCUT2D eigenvalue weighted by atomic mass is 9.74. The Morgan fingerprint density at radius 3 is 2.55 bits per heavy atom. The standard InChI is InChI=1S/C18H21NO/c1-2-20-17-10-6-5-9-16(17)18(19)12-11-14-7-3-4-8-15(14)13-18/h3-10H,2,11-13,19H2,1H3. The maximum absolute atomic E-state index is 6.75. The largest absolute Gasteiger partial charge is 0.494 e. The van der Waals surface area contributed by atoms with Gasteiger partial charge in [0, 0.05) is 11.1 Å². The van der Waals surface area contributed by atoms with Crippen LogP contribution in [0.25, 0.3) is 0 Å². The van der Waals surface area contributed by atoms with Gasteiger partial charge in [-0.25, -0.2) is 0 Å². The molecule has 0 saturated heterocycles. The molecular formula is C18H21NO. The van der Waals surface area contributed by atoms with Crippen molar-refractivity contribution in [2.45, 2.75) is 31.7 Å². The molecule has 2 aromatic carbocycles. The molecular weight excluding hydrogens is 246 g/mol. The van der Waals surface area contributed by atoms with E-state index in [0.29, 0.717) is 6.61 Å². The molecule has 20 heavy (non-hydrogen) atoms. The summed E-state index contributed by atoms with van der Waals surface area (Å²) in [5, 5.41) is 0. The fraction of sp³-hybridized carbons (Fsp3) is 0.333. The van der Waals surface area contributed by atoms with E-state index in [-0.39, 0.29) is 5.54 Å². The minimum Gasteiger partial charge on any atom is -0.494 e. The quantitative estimate of drug-likeness (QED) is 0.924. The molecule has 2 aromatic rings. The molecule has 2 nitrogen and oxygen atoms in total. The van der Waals surface area contributed by atoms with Gasteiger partial charge in [-0.05, 0) is 43.4 Å². The highest BCUT2D eigenvalue weighted by Gasteiger charge is 2.34. The minimum atomic E-state index is -0.319. The van der Waals surface area contributed by atoms with Gasteiger partial charge in [0.25, 0.3) is 0 Å². The van der Waals surface area contributed by atoms with Gasteiger partial charge in [-0.1, -0.05) is 42.5 Å². The topological polar surface area (TPSA) is 35.2 Å². The smallest absolute Gasteiger partial charge is 0.124 e. The summed E-state index contributed by atoms with van der Waals surface area (Å²) in [5.41, 5.74) is 10.4. The zero-order chi connectivity index (χ0) is 14.0. The van der Waals surface area contributed by atoms with Crippen LogP contribution in [-0.4, -0.2) is 6.61 Å². The molecule has 0 amide bonds. The van der Waals surface area contributed by atoms with E-state index < -0.39 is 0 Å². The second-order valence-corrected chi connectivity index (χ2v) is 5.53. The molecule has 0 fully saturated rings. The van der Waals surface area contributed by atoms with E-state index in [1.54, 1.807) is 0 Å². The molecule has 1 aliphatic carbocycles. The van der Waals surface area contributed by atoms with Crippen molar-refractivity contribution in [1.29, 1.82) is 0 Å². The summed E-state index contributed by atoms with van der Waals surface area (Å²) in [6.45, 7) is 2.68. The summed E-state index contributed by atoms with van der Waals surface area (Å²) < 4.78 is 5.76. The van der Waals surface area contributed by atoms with Gasteiger partial charge in [-0.2, -0.15) is 0 Å². The van der Waals surface area contributed by atoms with Gasteiger partial charge >= 0.3 is 0 Å². The fourth-order valence-electron chi connectivity index (χ4n) is 3.15. The fourth-order valence-corrected chi connectivity index (χ4v) is 3.15. The Bertz CT molecular complexity index is 608. The Hall–Kier alpha value is -1.80. The van der Waals surface area contributed by atoms with Gasteiger partial charge in [-0.3, -0.25) is 0 Å². The predicted octanol–water partition coefficient (Wildman–Crippen LogP) is 3.43. The number of hydrogen-bond acceptors (Lipinski definition) is 2. The molecule has 0 aliphatic heterocycles. The summed E-state index contributed by atoms with van der Waals surface area (Å²) in [5.74, 6) is 0.928. The van der Waals surface area contributed by atoms with E-state index in [9.17, 15) is 0 Å². The number of aryl methyl sites for hydroxylation is 1. The van der Waals surface area contributed by atoms with Crippen LogP contribution in [0, 0.1) is 0 Å². The normalized spacial score (nSPS) is 21.3. The molecule has 1 unspecified atom stereocenters. The third-order valence-electron chi connectivity index (χ3n) is 4.19. The summed E-state index contributed by atoms with van der Waals surface area (Å²) in [7, 11) is 0. The lowest BCUT2D eigenvalue weighted by molar-refractivity contribution is 0.311. The highest BCUT2D eigenvalue weighted by atomic mass is 16.5. The van der Waals surface area contributed by atoms with E-state index in [1.165, 1.54) is 11.1 Å². The van der Waals surface area contributed by atoms with Crippen LogP contribution >= 0.6 is 0 Å². The SMILES string of the molecule is CCOc1ccccc1C1(N)CCc2ccccc2C1. The number of para-hydroxylation sites is 1. The highest BCUT2D eigenvalue weighted by molar-refractivity contribution is 5.43. The molecule has 0 heterocycles. The molecule has 0 radical (unpaired) electrons. The summed E-state index contributed by atoms with van der Waals surface area (Å²) in [6, 6.07) is 16.8. The zero-order valence-corrected chi connectivity index (χ0v) is 11.9. The van der Waals surface area contributed by atoms with Crippen LogP contribution in [0.5, 0.6) is 5.75 Å². The lowest BCUT2D eigenvalue weighted by Crippen LogP contribution is -2.42. The Kier molecular flexibility index (Phi) is 3.49. The van der Waals surface area contributed by atoms with Crippen molar-refractivity contribution < 1.29 is 4.74 Å². The number of ether oxygens (including phenoxy) is 1. The summed E-state index contributed by atoms with van der Waals surface area (Å²) >= 11 is 0.